The van der Waals surface area contributed by atoms with Gasteiger partial charge in [-0.1, -0.05) is 0 Å². The molecule has 6 nitrogen and oxygen atoms in total. The largest absolute Gasteiger partial charge is 0.433 e. The standard InChI is InChI=1S/C10H14F3N5O/c1-5(8(19)14-2)16-7-4-6(10(11,12)13)17-9(15-3)18-7/h4-5H,1-3H3,(H,14,19)(H2,15,16,17,18). The summed E-state index contributed by atoms with van der Waals surface area (Å²) in [5.41, 5.74) is -1.08. The summed E-state index contributed by atoms with van der Waals surface area (Å²) < 4.78 is 37.9. The quantitative estimate of drug-likeness (QED) is 0.767. The molecule has 9 heteroatoms. The minimum atomic E-state index is -4.58. The van der Waals surface area contributed by atoms with E-state index in [1.807, 2.05) is 0 Å². The van der Waals surface area contributed by atoms with Gasteiger partial charge in [0.2, 0.25) is 11.9 Å². The Morgan fingerprint density at radius 3 is 2.42 bits per heavy atom. The van der Waals surface area contributed by atoms with Gasteiger partial charge < -0.3 is 16.0 Å². The molecule has 106 valence electrons. The summed E-state index contributed by atoms with van der Waals surface area (Å²) in [5.74, 6) is -0.623. The summed E-state index contributed by atoms with van der Waals surface area (Å²) >= 11 is 0. The highest BCUT2D eigenvalue weighted by molar-refractivity contribution is 5.83. The van der Waals surface area contributed by atoms with Gasteiger partial charge in [-0.25, -0.2) is 4.98 Å². The second kappa shape index (κ2) is 5.72. The highest BCUT2D eigenvalue weighted by atomic mass is 19.4. The van der Waals surface area contributed by atoms with E-state index in [0.717, 1.165) is 6.07 Å². The number of hydrogen-bond acceptors (Lipinski definition) is 5. The lowest BCUT2D eigenvalue weighted by molar-refractivity contribution is -0.141. The highest BCUT2D eigenvalue weighted by Gasteiger charge is 2.33. The summed E-state index contributed by atoms with van der Waals surface area (Å²) in [4.78, 5) is 18.4. The van der Waals surface area contributed by atoms with Crippen LogP contribution in [0.15, 0.2) is 6.07 Å². The monoisotopic (exact) mass is 277 g/mol. The molecular weight excluding hydrogens is 263 g/mol. The molecule has 1 rings (SSSR count). The van der Waals surface area contributed by atoms with Crippen molar-refractivity contribution >= 4 is 17.7 Å². The number of halogens is 3. The first-order valence-corrected chi connectivity index (χ1v) is 5.40. The smallest absolute Gasteiger partial charge is 0.358 e. The van der Waals surface area contributed by atoms with E-state index in [1.54, 1.807) is 0 Å². The Morgan fingerprint density at radius 1 is 1.32 bits per heavy atom. The molecule has 1 unspecified atom stereocenters. The van der Waals surface area contributed by atoms with Crippen LogP contribution >= 0.6 is 0 Å². The Balaban J connectivity index is 3.04. The SMILES string of the molecule is CNC(=O)C(C)Nc1cc(C(F)(F)F)nc(NC)n1. The maximum Gasteiger partial charge on any atom is 0.433 e. The van der Waals surface area contributed by atoms with Crippen LogP contribution in [0.2, 0.25) is 0 Å². The molecular formula is C10H14F3N5O. The van der Waals surface area contributed by atoms with Gasteiger partial charge in [-0.2, -0.15) is 18.2 Å². The van der Waals surface area contributed by atoms with Gasteiger partial charge in [-0.15, -0.1) is 0 Å². The van der Waals surface area contributed by atoms with Gasteiger partial charge in [0.05, 0.1) is 0 Å². The van der Waals surface area contributed by atoms with Crippen molar-refractivity contribution in [2.75, 3.05) is 24.7 Å². The van der Waals surface area contributed by atoms with Gasteiger partial charge in [0.15, 0.2) is 5.69 Å². The van der Waals surface area contributed by atoms with E-state index < -0.39 is 17.9 Å². The van der Waals surface area contributed by atoms with Crippen molar-refractivity contribution in [1.82, 2.24) is 15.3 Å². The number of aromatic nitrogens is 2. The Hall–Kier alpha value is -2.06. The van der Waals surface area contributed by atoms with Crippen LogP contribution in [0.4, 0.5) is 24.9 Å². The zero-order valence-corrected chi connectivity index (χ0v) is 10.6. The molecule has 1 atom stereocenters. The third-order valence-corrected chi connectivity index (χ3v) is 2.24. The third-order valence-electron chi connectivity index (χ3n) is 2.24. The van der Waals surface area contributed by atoms with Gasteiger partial charge in [0, 0.05) is 20.2 Å². The lowest BCUT2D eigenvalue weighted by Crippen LogP contribution is -2.35. The normalized spacial score (nSPS) is 12.7. The first-order chi connectivity index (χ1) is 8.77. The number of hydrogen-bond donors (Lipinski definition) is 3. The van der Waals surface area contributed by atoms with E-state index in [2.05, 4.69) is 25.9 Å². The Morgan fingerprint density at radius 2 is 1.95 bits per heavy atom. The zero-order valence-electron chi connectivity index (χ0n) is 10.6. The molecule has 0 aliphatic rings. The highest BCUT2D eigenvalue weighted by Crippen LogP contribution is 2.29. The van der Waals surface area contributed by atoms with Crippen LogP contribution in [-0.4, -0.2) is 36.0 Å². The molecule has 0 aliphatic carbocycles. The van der Waals surface area contributed by atoms with Gasteiger partial charge in [0.25, 0.3) is 0 Å². The number of amides is 1. The topological polar surface area (TPSA) is 78.9 Å². The molecule has 0 spiro atoms. The van der Waals surface area contributed by atoms with Gasteiger partial charge >= 0.3 is 6.18 Å². The van der Waals surface area contributed by atoms with Crippen molar-refractivity contribution in [2.24, 2.45) is 0 Å². The van der Waals surface area contributed by atoms with E-state index in [1.165, 1.54) is 21.0 Å². The van der Waals surface area contributed by atoms with E-state index in [4.69, 9.17) is 0 Å². The zero-order chi connectivity index (χ0) is 14.6. The predicted octanol–water partition coefficient (Wildman–Crippen LogP) is 1.08. The minimum Gasteiger partial charge on any atom is -0.358 e. The van der Waals surface area contributed by atoms with E-state index in [-0.39, 0.29) is 17.7 Å². The third kappa shape index (κ3) is 3.97. The lowest BCUT2D eigenvalue weighted by Gasteiger charge is -2.15. The molecule has 3 N–H and O–H groups in total. The number of nitrogens with one attached hydrogen (secondary N) is 3. The number of nitrogens with zero attached hydrogens (tertiary/aromatic N) is 2. The summed E-state index contributed by atoms with van der Waals surface area (Å²) in [6.45, 7) is 1.51. The van der Waals surface area contributed by atoms with Crippen LogP contribution in [0.3, 0.4) is 0 Å². The Labute approximate surface area is 107 Å². The van der Waals surface area contributed by atoms with Gasteiger partial charge in [-0.3, -0.25) is 4.79 Å². The first-order valence-electron chi connectivity index (χ1n) is 5.40. The molecule has 0 aromatic carbocycles. The first kappa shape index (κ1) is 15.0. The molecule has 1 amide bonds. The molecule has 0 saturated carbocycles. The van der Waals surface area contributed by atoms with E-state index in [0.29, 0.717) is 0 Å². The number of carbonyl (C=O) groups excluding carboxylic acids is 1. The van der Waals surface area contributed by atoms with Crippen molar-refractivity contribution in [3.63, 3.8) is 0 Å². The van der Waals surface area contributed by atoms with Crippen molar-refractivity contribution in [1.29, 1.82) is 0 Å². The maximum absolute atomic E-state index is 12.6. The molecule has 0 aliphatic heterocycles. The van der Waals surface area contributed by atoms with Crippen molar-refractivity contribution in [3.05, 3.63) is 11.8 Å². The molecule has 19 heavy (non-hydrogen) atoms. The second-order valence-corrected chi connectivity index (χ2v) is 3.69. The fourth-order valence-corrected chi connectivity index (χ4v) is 1.28. The average Bonchev–Trinajstić information content (AvgIpc) is 2.36. The molecule has 0 fully saturated rings. The van der Waals surface area contributed by atoms with Crippen LogP contribution in [0.1, 0.15) is 12.6 Å². The average molecular weight is 277 g/mol. The van der Waals surface area contributed by atoms with Crippen LogP contribution in [0, 0.1) is 0 Å². The fourth-order valence-electron chi connectivity index (χ4n) is 1.28. The van der Waals surface area contributed by atoms with Gasteiger partial charge in [-0.05, 0) is 6.92 Å². The van der Waals surface area contributed by atoms with E-state index in [9.17, 15) is 18.0 Å². The van der Waals surface area contributed by atoms with Crippen LogP contribution in [0.25, 0.3) is 0 Å². The molecule has 0 radical (unpaired) electrons. The van der Waals surface area contributed by atoms with E-state index >= 15 is 0 Å². The number of likely N-dealkylation sites (N-methyl/N-ethyl adjacent to an activating group) is 1. The van der Waals surface area contributed by atoms with Gasteiger partial charge in [0.1, 0.15) is 11.9 Å². The molecule has 0 bridgehead atoms. The minimum absolute atomic E-state index is 0.0808. The Bertz CT molecular complexity index is 463. The maximum atomic E-state index is 12.6. The number of rotatable bonds is 4. The molecule has 0 saturated heterocycles. The predicted molar refractivity (Wildman–Crippen MR) is 63.7 cm³/mol. The van der Waals surface area contributed by atoms with Crippen LogP contribution in [-0.2, 0) is 11.0 Å². The number of carbonyl (C=O) groups is 1. The van der Waals surface area contributed by atoms with Crippen LogP contribution < -0.4 is 16.0 Å². The summed E-state index contributed by atoms with van der Waals surface area (Å²) in [7, 11) is 2.84. The molecule has 1 heterocycles. The summed E-state index contributed by atoms with van der Waals surface area (Å²) in [5, 5.41) is 7.39. The summed E-state index contributed by atoms with van der Waals surface area (Å²) in [6, 6.07) is 0.0333. The summed E-state index contributed by atoms with van der Waals surface area (Å²) in [6.07, 6.45) is -4.58. The lowest BCUT2D eigenvalue weighted by atomic mass is 10.3. The van der Waals surface area contributed by atoms with Crippen molar-refractivity contribution in [2.45, 2.75) is 19.1 Å². The number of alkyl halides is 3. The molecule has 1 aromatic rings. The number of anilines is 2. The fraction of sp³-hybridized carbons (Fsp3) is 0.500. The molecule has 1 aromatic heterocycles. The van der Waals surface area contributed by atoms with Crippen LogP contribution in [0.5, 0.6) is 0 Å². The van der Waals surface area contributed by atoms with Crippen molar-refractivity contribution in [3.8, 4) is 0 Å². The van der Waals surface area contributed by atoms with Crippen molar-refractivity contribution < 1.29 is 18.0 Å². The Kier molecular flexibility index (Phi) is 4.52. The second-order valence-electron chi connectivity index (χ2n) is 3.69.